The summed E-state index contributed by atoms with van der Waals surface area (Å²) in [6.07, 6.45) is 4.93. The molecule has 19 heavy (non-hydrogen) atoms. The second kappa shape index (κ2) is 6.53. The highest BCUT2D eigenvalue weighted by Gasteiger charge is 2.24. The number of benzene rings is 1. The van der Waals surface area contributed by atoms with E-state index in [9.17, 15) is 5.11 Å². The van der Waals surface area contributed by atoms with Crippen LogP contribution in [0, 0.1) is 13.8 Å². The van der Waals surface area contributed by atoms with Crippen molar-refractivity contribution in [3.8, 4) is 0 Å². The number of hydrogen-bond donors (Lipinski definition) is 1. The van der Waals surface area contributed by atoms with Crippen LogP contribution < -0.4 is 0 Å². The van der Waals surface area contributed by atoms with E-state index in [4.69, 9.17) is 0 Å². The maximum atomic E-state index is 10.5. The van der Waals surface area contributed by atoms with E-state index in [2.05, 4.69) is 43.9 Å². The molecule has 0 aliphatic heterocycles. The minimum Gasteiger partial charge on any atom is -0.387 e. The Morgan fingerprint density at radius 3 is 2.58 bits per heavy atom. The normalized spacial score (nSPS) is 18.2. The van der Waals surface area contributed by atoms with Crippen molar-refractivity contribution < 1.29 is 5.11 Å². The van der Waals surface area contributed by atoms with Gasteiger partial charge in [-0.1, -0.05) is 43.5 Å². The molecule has 0 radical (unpaired) electrons. The maximum absolute atomic E-state index is 10.5. The fraction of sp³-hybridized carbons (Fsp3) is 0.647. The molecule has 0 bridgehead atoms. The van der Waals surface area contributed by atoms with Crippen LogP contribution in [0.3, 0.4) is 0 Å². The molecule has 0 heterocycles. The van der Waals surface area contributed by atoms with Crippen LogP contribution in [0.1, 0.15) is 55.4 Å². The Kier molecular flexibility index (Phi) is 5.00. The number of rotatable bonds is 5. The van der Waals surface area contributed by atoms with Crippen molar-refractivity contribution in [2.75, 3.05) is 13.1 Å². The van der Waals surface area contributed by atoms with Crippen LogP contribution in [0.4, 0.5) is 0 Å². The van der Waals surface area contributed by atoms with E-state index in [0.717, 1.165) is 18.7 Å². The maximum Gasteiger partial charge on any atom is 0.0919 e. The molecule has 106 valence electrons. The van der Waals surface area contributed by atoms with Crippen LogP contribution in [0.5, 0.6) is 0 Å². The summed E-state index contributed by atoms with van der Waals surface area (Å²) in [5.41, 5.74) is 3.51. The molecule has 1 aliphatic carbocycles. The molecule has 1 aromatic carbocycles. The van der Waals surface area contributed by atoms with E-state index in [1.165, 1.54) is 36.8 Å². The zero-order chi connectivity index (χ0) is 13.8. The van der Waals surface area contributed by atoms with Gasteiger partial charge in [-0.2, -0.15) is 0 Å². The SMILES string of the molecule is CCN(CC(O)c1cc(C)ccc1C)C1CCCC1. The third kappa shape index (κ3) is 3.58. The molecule has 1 aliphatic rings. The van der Waals surface area contributed by atoms with Crippen LogP contribution in [0.15, 0.2) is 18.2 Å². The summed E-state index contributed by atoms with van der Waals surface area (Å²) in [7, 11) is 0. The lowest BCUT2D eigenvalue weighted by Crippen LogP contribution is -2.36. The van der Waals surface area contributed by atoms with E-state index in [-0.39, 0.29) is 6.10 Å². The van der Waals surface area contributed by atoms with Gasteiger partial charge in [0.15, 0.2) is 0 Å². The van der Waals surface area contributed by atoms with Gasteiger partial charge >= 0.3 is 0 Å². The van der Waals surface area contributed by atoms with Crippen molar-refractivity contribution in [3.63, 3.8) is 0 Å². The van der Waals surface area contributed by atoms with E-state index in [0.29, 0.717) is 6.04 Å². The zero-order valence-electron chi connectivity index (χ0n) is 12.5. The predicted octanol–water partition coefficient (Wildman–Crippen LogP) is 3.60. The Morgan fingerprint density at radius 2 is 1.95 bits per heavy atom. The van der Waals surface area contributed by atoms with Gasteiger partial charge in [-0.05, 0) is 44.4 Å². The molecule has 1 N–H and O–H groups in total. The number of aryl methyl sites for hydroxylation is 2. The van der Waals surface area contributed by atoms with Crippen molar-refractivity contribution in [2.24, 2.45) is 0 Å². The van der Waals surface area contributed by atoms with Crippen LogP contribution >= 0.6 is 0 Å². The average Bonchev–Trinajstić information content (AvgIpc) is 2.92. The molecule has 2 heteroatoms. The first kappa shape index (κ1) is 14.5. The van der Waals surface area contributed by atoms with Gasteiger partial charge in [0.05, 0.1) is 6.10 Å². The highest BCUT2D eigenvalue weighted by Crippen LogP contribution is 2.26. The molecule has 0 spiro atoms. The Bertz CT molecular complexity index is 410. The lowest BCUT2D eigenvalue weighted by Gasteiger charge is -2.30. The second-order valence-electron chi connectivity index (χ2n) is 5.90. The van der Waals surface area contributed by atoms with Gasteiger partial charge in [-0.25, -0.2) is 0 Å². The lowest BCUT2D eigenvalue weighted by molar-refractivity contribution is 0.0910. The van der Waals surface area contributed by atoms with Gasteiger partial charge in [0.25, 0.3) is 0 Å². The smallest absolute Gasteiger partial charge is 0.0919 e. The van der Waals surface area contributed by atoms with Crippen molar-refractivity contribution >= 4 is 0 Å². The largest absolute Gasteiger partial charge is 0.387 e. The lowest BCUT2D eigenvalue weighted by atomic mass is 10.00. The third-order valence-corrected chi connectivity index (χ3v) is 4.45. The minimum absolute atomic E-state index is 0.361. The van der Waals surface area contributed by atoms with Crippen LogP contribution in [-0.4, -0.2) is 29.1 Å². The van der Waals surface area contributed by atoms with Crippen molar-refractivity contribution in [1.82, 2.24) is 4.90 Å². The average molecular weight is 261 g/mol. The molecule has 1 fully saturated rings. The third-order valence-electron chi connectivity index (χ3n) is 4.45. The summed E-state index contributed by atoms with van der Waals surface area (Å²) in [5.74, 6) is 0. The Balaban J connectivity index is 2.06. The monoisotopic (exact) mass is 261 g/mol. The van der Waals surface area contributed by atoms with Gasteiger partial charge in [-0.15, -0.1) is 0 Å². The first-order valence-corrected chi connectivity index (χ1v) is 7.61. The minimum atomic E-state index is -0.361. The van der Waals surface area contributed by atoms with E-state index < -0.39 is 0 Å². The number of nitrogens with zero attached hydrogens (tertiary/aromatic N) is 1. The number of aliphatic hydroxyl groups excluding tert-OH is 1. The van der Waals surface area contributed by atoms with Crippen LogP contribution in [0.2, 0.25) is 0 Å². The van der Waals surface area contributed by atoms with E-state index in [1.807, 2.05) is 0 Å². The summed E-state index contributed by atoms with van der Waals surface area (Å²) >= 11 is 0. The predicted molar refractivity (Wildman–Crippen MR) is 80.4 cm³/mol. The molecule has 2 rings (SSSR count). The van der Waals surface area contributed by atoms with Gasteiger partial charge in [0.2, 0.25) is 0 Å². The first-order valence-electron chi connectivity index (χ1n) is 7.61. The molecule has 1 unspecified atom stereocenters. The fourth-order valence-electron chi connectivity index (χ4n) is 3.25. The number of likely N-dealkylation sites (N-methyl/N-ethyl adjacent to an activating group) is 1. The molecular weight excluding hydrogens is 234 g/mol. The van der Waals surface area contributed by atoms with Crippen molar-refractivity contribution in [2.45, 2.75) is 58.6 Å². The molecule has 2 nitrogen and oxygen atoms in total. The number of aliphatic hydroxyl groups is 1. The Morgan fingerprint density at radius 1 is 1.26 bits per heavy atom. The fourth-order valence-corrected chi connectivity index (χ4v) is 3.25. The van der Waals surface area contributed by atoms with Crippen LogP contribution in [-0.2, 0) is 0 Å². The zero-order valence-corrected chi connectivity index (χ0v) is 12.5. The molecule has 0 saturated heterocycles. The molecule has 1 saturated carbocycles. The second-order valence-corrected chi connectivity index (χ2v) is 5.90. The summed E-state index contributed by atoms with van der Waals surface area (Å²) in [5, 5.41) is 10.5. The summed E-state index contributed by atoms with van der Waals surface area (Å²) in [6.45, 7) is 8.18. The van der Waals surface area contributed by atoms with E-state index >= 15 is 0 Å². The molecular formula is C17H27NO. The Labute approximate surface area is 117 Å². The van der Waals surface area contributed by atoms with Crippen molar-refractivity contribution in [3.05, 3.63) is 34.9 Å². The van der Waals surface area contributed by atoms with Crippen LogP contribution in [0.25, 0.3) is 0 Å². The quantitative estimate of drug-likeness (QED) is 0.875. The molecule has 0 aromatic heterocycles. The van der Waals surface area contributed by atoms with Gasteiger partial charge < -0.3 is 5.11 Å². The Hall–Kier alpha value is -0.860. The first-order chi connectivity index (χ1) is 9.11. The van der Waals surface area contributed by atoms with Gasteiger partial charge in [0, 0.05) is 12.6 Å². The highest BCUT2D eigenvalue weighted by atomic mass is 16.3. The van der Waals surface area contributed by atoms with E-state index in [1.54, 1.807) is 0 Å². The summed E-state index contributed by atoms with van der Waals surface area (Å²) in [6, 6.07) is 7.03. The van der Waals surface area contributed by atoms with Crippen molar-refractivity contribution in [1.29, 1.82) is 0 Å². The summed E-state index contributed by atoms with van der Waals surface area (Å²) < 4.78 is 0. The van der Waals surface area contributed by atoms with Gasteiger partial charge in [0.1, 0.15) is 0 Å². The highest BCUT2D eigenvalue weighted by molar-refractivity contribution is 5.32. The molecule has 1 atom stereocenters. The summed E-state index contributed by atoms with van der Waals surface area (Å²) in [4.78, 5) is 2.46. The number of hydrogen-bond acceptors (Lipinski definition) is 2. The van der Waals surface area contributed by atoms with Gasteiger partial charge in [-0.3, -0.25) is 4.90 Å². The standard InChI is InChI=1S/C17H27NO/c1-4-18(15-7-5-6-8-15)12-17(19)16-11-13(2)9-10-14(16)3/h9-11,15,17,19H,4-8,12H2,1-3H3. The molecule has 1 aromatic rings. The topological polar surface area (TPSA) is 23.5 Å². The molecule has 0 amide bonds.